The van der Waals surface area contributed by atoms with E-state index in [1.807, 2.05) is 0 Å². The van der Waals surface area contributed by atoms with Gasteiger partial charge in [-0.2, -0.15) is 13.2 Å². The molecule has 2 heterocycles. The fraction of sp³-hybridized carbons (Fsp3) is 0.417. The molecule has 0 aliphatic rings. The monoisotopic (exact) mass is 513 g/mol. The molecule has 0 aliphatic carbocycles. The lowest BCUT2D eigenvalue weighted by molar-refractivity contribution is -0.266. The Balaban J connectivity index is 1.99. The van der Waals surface area contributed by atoms with Crippen LogP contribution in [-0.4, -0.2) is 42.2 Å². The summed E-state index contributed by atoms with van der Waals surface area (Å²) in [4.78, 5) is 18.8. The number of nitrogens with two attached hydrogens (primary N) is 1. The highest BCUT2D eigenvalue weighted by atomic mass is 32.2. The van der Waals surface area contributed by atoms with Crippen LogP contribution in [0.25, 0.3) is 10.9 Å². The molecule has 6 nitrogen and oxygen atoms in total. The van der Waals surface area contributed by atoms with Crippen molar-refractivity contribution in [3.63, 3.8) is 0 Å². The first kappa shape index (κ1) is 26.8. The number of fused-ring (bicyclic) bond motifs is 1. The van der Waals surface area contributed by atoms with E-state index in [1.54, 1.807) is 19.9 Å². The van der Waals surface area contributed by atoms with E-state index in [2.05, 4.69) is 9.97 Å². The zero-order valence-corrected chi connectivity index (χ0v) is 20.5. The minimum atomic E-state index is -5.03. The summed E-state index contributed by atoms with van der Waals surface area (Å²) in [5, 5.41) is 11.6. The topological polar surface area (TPSA) is 109 Å². The summed E-state index contributed by atoms with van der Waals surface area (Å²) in [7, 11) is -1.38. The van der Waals surface area contributed by atoms with Gasteiger partial charge in [0.2, 0.25) is 5.91 Å². The Morgan fingerprint density at radius 2 is 1.86 bits per heavy atom. The number of benzene rings is 1. The Bertz CT molecular complexity index is 1290. The molecule has 0 radical (unpaired) electrons. The number of pyridine rings is 1. The van der Waals surface area contributed by atoms with Crippen molar-refractivity contribution in [2.75, 3.05) is 0 Å². The molecular formula is C24H27F4N3O3S. The first-order valence-electron chi connectivity index (χ1n) is 10.8. The Labute approximate surface area is 202 Å². The second kappa shape index (κ2) is 9.34. The van der Waals surface area contributed by atoms with Crippen LogP contribution in [0.5, 0.6) is 0 Å². The Hall–Kier alpha value is -2.79. The lowest BCUT2D eigenvalue weighted by Crippen LogP contribution is -2.51. The zero-order valence-electron chi connectivity index (χ0n) is 19.7. The number of amides is 1. The number of aliphatic hydroxyl groups is 1. The molecule has 1 aromatic carbocycles. The molecule has 11 heteroatoms. The molecule has 35 heavy (non-hydrogen) atoms. The van der Waals surface area contributed by atoms with Gasteiger partial charge in [-0.25, -0.2) is 9.37 Å². The van der Waals surface area contributed by atoms with E-state index in [1.165, 1.54) is 32.2 Å². The Morgan fingerprint density at radius 3 is 2.43 bits per heavy atom. The molecule has 2 unspecified atom stereocenters. The molecule has 3 aromatic rings. The number of H-pyrrole nitrogens is 1. The molecule has 2 aromatic heterocycles. The summed E-state index contributed by atoms with van der Waals surface area (Å²) in [5.74, 6) is -1.74. The van der Waals surface area contributed by atoms with Crippen molar-refractivity contribution in [1.82, 2.24) is 9.97 Å². The minimum Gasteiger partial charge on any atom is -0.380 e. The first-order chi connectivity index (χ1) is 16.0. The molecule has 0 spiro atoms. The van der Waals surface area contributed by atoms with Crippen LogP contribution in [-0.2, 0) is 22.6 Å². The third-order valence-electron chi connectivity index (χ3n) is 5.89. The second-order valence-electron chi connectivity index (χ2n) is 9.57. The van der Waals surface area contributed by atoms with Gasteiger partial charge < -0.3 is 15.8 Å². The normalized spacial score (nSPS) is 15.4. The van der Waals surface area contributed by atoms with Crippen molar-refractivity contribution in [2.45, 2.75) is 68.0 Å². The molecule has 4 N–H and O–H groups in total. The quantitative estimate of drug-likeness (QED) is 0.385. The van der Waals surface area contributed by atoms with Gasteiger partial charge in [0.15, 0.2) is 5.60 Å². The second-order valence-corrected chi connectivity index (χ2v) is 11.5. The van der Waals surface area contributed by atoms with E-state index in [9.17, 15) is 31.7 Å². The summed E-state index contributed by atoms with van der Waals surface area (Å²) in [6.45, 7) is 6.37. The largest absolute Gasteiger partial charge is 0.417 e. The SMILES string of the molecule is CC(C)S(=O)c1cc2cc(CC(O)(CC(C)(C)c3ccc(F)cc3C(N)=O)C(F)(F)F)[nH]c2cn1. The van der Waals surface area contributed by atoms with Crippen molar-refractivity contribution in [3.05, 3.63) is 59.2 Å². The van der Waals surface area contributed by atoms with Crippen LogP contribution in [0.3, 0.4) is 0 Å². The maximum absolute atomic E-state index is 14.2. The fourth-order valence-corrected chi connectivity index (χ4v) is 5.12. The first-order valence-corrected chi connectivity index (χ1v) is 12.0. The van der Waals surface area contributed by atoms with E-state index in [-0.39, 0.29) is 22.1 Å². The van der Waals surface area contributed by atoms with Gasteiger partial charge in [-0.15, -0.1) is 0 Å². The highest BCUT2D eigenvalue weighted by Gasteiger charge is 2.56. The van der Waals surface area contributed by atoms with Crippen molar-refractivity contribution in [3.8, 4) is 0 Å². The van der Waals surface area contributed by atoms with Crippen molar-refractivity contribution >= 4 is 27.6 Å². The minimum absolute atomic E-state index is 0.0933. The smallest absolute Gasteiger partial charge is 0.380 e. The van der Waals surface area contributed by atoms with E-state index < -0.39 is 52.6 Å². The number of carbonyl (C=O) groups is 1. The van der Waals surface area contributed by atoms with Crippen LogP contribution < -0.4 is 5.73 Å². The molecule has 190 valence electrons. The molecule has 3 rings (SSSR count). The average molecular weight is 514 g/mol. The van der Waals surface area contributed by atoms with E-state index in [0.29, 0.717) is 15.9 Å². The number of nitrogens with zero attached hydrogens (tertiary/aromatic N) is 1. The van der Waals surface area contributed by atoms with Crippen molar-refractivity contribution in [2.24, 2.45) is 5.73 Å². The number of rotatable bonds is 8. The van der Waals surface area contributed by atoms with Gasteiger partial charge >= 0.3 is 6.18 Å². The summed E-state index contributed by atoms with van der Waals surface area (Å²) < 4.78 is 68.6. The number of hydrogen-bond acceptors (Lipinski definition) is 4. The highest BCUT2D eigenvalue weighted by Crippen LogP contribution is 2.44. The van der Waals surface area contributed by atoms with Crippen molar-refractivity contribution < 1.29 is 31.7 Å². The summed E-state index contributed by atoms with van der Waals surface area (Å²) >= 11 is 0. The standard InChI is InChI=1S/C24H27F4N3O3S/c1-13(2)35(34)20-8-14-7-16(31-19(14)11-30-20)10-23(33,24(26,27)28)12-22(3,4)18-6-5-15(25)9-17(18)21(29)32/h5-9,11,13,31,33H,10,12H2,1-4H3,(H2,29,32). The predicted molar refractivity (Wildman–Crippen MR) is 125 cm³/mol. The molecule has 1 amide bonds. The van der Waals surface area contributed by atoms with Crippen LogP contribution in [0.1, 0.15) is 55.7 Å². The highest BCUT2D eigenvalue weighted by molar-refractivity contribution is 7.85. The number of halogens is 4. The molecule has 0 fully saturated rings. The molecule has 0 aliphatic heterocycles. The van der Waals surface area contributed by atoms with Crippen LogP contribution in [0.2, 0.25) is 0 Å². The predicted octanol–water partition coefficient (Wildman–Crippen LogP) is 4.52. The number of aromatic amines is 1. The summed E-state index contributed by atoms with van der Waals surface area (Å²) in [6.07, 6.45) is -5.28. The maximum atomic E-state index is 14.2. The number of carbonyl (C=O) groups excluding carboxylic acids is 1. The van der Waals surface area contributed by atoms with E-state index in [0.717, 1.165) is 12.1 Å². The zero-order chi connectivity index (χ0) is 26.3. The Kier molecular flexibility index (Phi) is 7.16. The van der Waals surface area contributed by atoms with Crippen molar-refractivity contribution in [1.29, 1.82) is 0 Å². The van der Waals surface area contributed by atoms with Gasteiger partial charge in [0, 0.05) is 28.3 Å². The lowest BCUT2D eigenvalue weighted by atomic mass is 9.72. The van der Waals surface area contributed by atoms with E-state index in [4.69, 9.17) is 5.73 Å². The van der Waals surface area contributed by atoms with Gasteiger partial charge in [0.05, 0.1) is 22.5 Å². The number of nitrogens with one attached hydrogen (secondary N) is 1. The Morgan fingerprint density at radius 1 is 1.20 bits per heavy atom. The van der Waals surface area contributed by atoms with Gasteiger partial charge in [-0.1, -0.05) is 33.8 Å². The lowest BCUT2D eigenvalue weighted by Gasteiger charge is -2.38. The third kappa shape index (κ3) is 5.56. The van der Waals surface area contributed by atoms with E-state index >= 15 is 0 Å². The van der Waals surface area contributed by atoms with Crippen LogP contribution in [0.4, 0.5) is 17.6 Å². The average Bonchev–Trinajstić information content (AvgIpc) is 3.12. The van der Waals surface area contributed by atoms with Gasteiger partial charge in [0.25, 0.3) is 0 Å². The van der Waals surface area contributed by atoms with Crippen LogP contribution >= 0.6 is 0 Å². The van der Waals surface area contributed by atoms with Gasteiger partial charge in [0.1, 0.15) is 10.8 Å². The molecule has 0 saturated heterocycles. The summed E-state index contributed by atoms with van der Waals surface area (Å²) in [5.41, 5.74) is 1.10. The molecular weight excluding hydrogens is 486 g/mol. The maximum Gasteiger partial charge on any atom is 0.417 e. The summed E-state index contributed by atoms with van der Waals surface area (Å²) in [6, 6.07) is 6.10. The fourth-order valence-electron chi connectivity index (χ4n) is 4.23. The number of hydrogen-bond donors (Lipinski definition) is 3. The number of alkyl halides is 3. The third-order valence-corrected chi connectivity index (χ3v) is 7.38. The van der Waals surface area contributed by atoms with Crippen LogP contribution in [0.15, 0.2) is 41.6 Å². The molecule has 0 bridgehead atoms. The molecule has 2 atom stereocenters. The van der Waals surface area contributed by atoms with Gasteiger partial charge in [-0.3, -0.25) is 9.00 Å². The number of aromatic nitrogens is 2. The number of primary amides is 1. The van der Waals surface area contributed by atoms with Crippen LogP contribution in [0, 0.1) is 5.82 Å². The molecule has 0 saturated carbocycles. The van der Waals surface area contributed by atoms with Gasteiger partial charge in [-0.05, 0) is 41.7 Å².